The number of amides is 1. The molecule has 3 aromatic rings. The highest BCUT2D eigenvalue weighted by molar-refractivity contribution is 7.93. The van der Waals surface area contributed by atoms with Crippen LogP contribution in [0.3, 0.4) is 0 Å². The molecule has 0 spiro atoms. The number of sulfonamides is 2. The van der Waals surface area contributed by atoms with Crippen molar-refractivity contribution in [2.24, 2.45) is 0 Å². The molecule has 0 unspecified atom stereocenters. The predicted octanol–water partition coefficient (Wildman–Crippen LogP) is 3.35. The zero-order valence-corrected chi connectivity index (χ0v) is 20.9. The number of hydrogen-bond donors (Lipinski definition) is 2. The number of carbonyl (C=O) groups excluding carboxylic acids is 1. The first-order valence-corrected chi connectivity index (χ1v) is 14.0. The van der Waals surface area contributed by atoms with E-state index in [9.17, 15) is 21.6 Å². The lowest BCUT2D eigenvalue weighted by Gasteiger charge is -2.28. The molecule has 0 bridgehead atoms. The Bertz CT molecular complexity index is 1330. The van der Waals surface area contributed by atoms with Gasteiger partial charge in [-0.3, -0.25) is 13.8 Å². The zero-order chi connectivity index (χ0) is 24.4. The van der Waals surface area contributed by atoms with Crippen LogP contribution in [-0.2, 0) is 24.8 Å². The van der Waals surface area contributed by atoms with Gasteiger partial charge in [-0.2, -0.15) is 0 Å². The number of rotatable bonds is 8. The number of aromatic nitrogens is 1. The smallest absolute Gasteiger partial charge is 0.263 e. The molecule has 2 N–H and O–H groups in total. The van der Waals surface area contributed by atoms with Crippen LogP contribution in [0.5, 0.6) is 0 Å². The maximum Gasteiger partial charge on any atom is 0.263 e. The minimum Gasteiger partial charge on any atom is -0.324 e. The molecule has 0 fully saturated rings. The average molecular weight is 509 g/mol. The van der Waals surface area contributed by atoms with Crippen LogP contribution in [0.15, 0.2) is 58.9 Å². The van der Waals surface area contributed by atoms with Crippen LogP contribution in [0.1, 0.15) is 18.1 Å². The van der Waals surface area contributed by atoms with E-state index >= 15 is 0 Å². The molecule has 2 aromatic carbocycles. The first-order valence-electron chi connectivity index (χ1n) is 9.78. The van der Waals surface area contributed by atoms with Crippen molar-refractivity contribution in [2.45, 2.75) is 31.7 Å². The standard InChI is InChI=1S/C21H24N4O5S3/c1-14-11-15(2)13-18(12-14)25(32(4,27)28)16(3)20(26)23-17-5-7-19(8-6-17)33(29,30)24-21-22-9-10-31-21/h5-13,16H,1-4H3,(H,22,24)(H,23,26)/t16-/m0/s1. The fraction of sp³-hybridized carbons (Fsp3) is 0.238. The van der Waals surface area contributed by atoms with Crippen molar-refractivity contribution in [3.05, 3.63) is 65.2 Å². The molecule has 1 heterocycles. The van der Waals surface area contributed by atoms with Gasteiger partial charge in [0.2, 0.25) is 15.9 Å². The Labute approximate surface area is 197 Å². The molecule has 0 aliphatic heterocycles. The molecule has 1 atom stereocenters. The van der Waals surface area contributed by atoms with E-state index in [2.05, 4.69) is 15.0 Å². The van der Waals surface area contributed by atoms with Gasteiger partial charge >= 0.3 is 0 Å². The Balaban J connectivity index is 1.79. The Hall–Kier alpha value is -2.96. The van der Waals surface area contributed by atoms with Crippen molar-refractivity contribution in [3.63, 3.8) is 0 Å². The molecule has 12 heteroatoms. The number of nitrogens with zero attached hydrogens (tertiary/aromatic N) is 2. The molecule has 0 saturated carbocycles. The quantitative estimate of drug-likeness (QED) is 0.481. The van der Waals surface area contributed by atoms with E-state index in [1.807, 2.05) is 19.9 Å². The monoisotopic (exact) mass is 508 g/mol. The predicted molar refractivity (Wildman–Crippen MR) is 131 cm³/mol. The van der Waals surface area contributed by atoms with Gasteiger partial charge in [0.25, 0.3) is 10.0 Å². The summed E-state index contributed by atoms with van der Waals surface area (Å²) in [6, 6.07) is 9.82. The van der Waals surface area contributed by atoms with E-state index in [0.29, 0.717) is 11.4 Å². The largest absolute Gasteiger partial charge is 0.324 e. The Morgan fingerprint density at radius 2 is 1.64 bits per heavy atom. The van der Waals surface area contributed by atoms with Gasteiger partial charge in [0.05, 0.1) is 16.8 Å². The third kappa shape index (κ3) is 6.09. The number of anilines is 3. The summed E-state index contributed by atoms with van der Waals surface area (Å²) in [7, 11) is -7.58. The molecule has 0 aliphatic rings. The van der Waals surface area contributed by atoms with Gasteiger partial charge in [0.15, 0.2) is 5.13 Å². The summed E-state index contributed by atoms with van der Waals surface area (Å²) in [6.07, 6.45) is 2.53. The van der Waals surface area contributed by atoms with Gasteiger partial charge in [-0.15, -0.1) is 11.3 Å². The van der Waals surface area contributed by atoms with Crippen molar-refractivity contribution >= 4 is 53.8 Å². The van der Waals surface area contributed by atoms with Crippen LogP contribution in [0.4, 0.5) is 16.5 Å². The maximum absolute atomic E-state index is 12.9. The summed E-state index contributed by atoms with van der Waals surface area (Å²) in [5, 5.41) is 4.54. The summed E-state index contributed by atoms with van der Waals surface area (Å²) >= 11 is 1.15. The number of thiazole rings is 1. The Morgan fingerprint density at radius 3 is 2.15 bits per heavy atom. The molecule has 9 nitrogen and oxygen atoms in total. The van der Waals surface area contributed by atoms with Crippen molar-refractivity contribution < 1.29 is 21.6 Å². The van der Waals surface area contributed by atoms with Crippen LogP contribution < -0.4 is 14.3 Å². The molecular formula is C21H24N4O5S3. The summed E-state index contributed by atoms with van der Waals surface area (Å²) in [5.41, 5.74) is 2.46. The van der Waals surface area contributed by atoms with E-state index < -0.39 is 32.0 Å². The number of benzene rings is 2. The van der Waals surface area contributed by atoms with Gasteiger partial charge in [0.1, 0.15) is 6.04 Å². The van der Waals surface area contributed by atoms with Crippen molar-refractivity contribution in [1.82, 2.24) is 4.98 Å². The highest BCUT2D eigenvalue weighted by Gasteiger charge is 2.29. The maximum atomic E-state index is 12.9. The number of carbonyl (C=O) groups is 1. The van der Waals surface area contributed by atoms with Gasteiger partial charge in [-0.05, 0) is 68.3 Å². The second-order valence-electron chi connectivity index (χ2n) is 7.54. The molecule has 0 radical (unpaired) electrons. The minimum atomic E-state index is -3.82. The zero-order valence-electron chi connectivity index (χ0n) is 18.4. The Morgan fingerprint density at radius 1 is 1.03 bits per heavy atom. The molecule has 33 heavy (non-hydrogen) atoms. The molecule has 3 rings (SSSR count). The fourth-order valence-corrected chi connectivity index (χ4v) is 6.25. The second-order valence-corrected chi connectivity index (χ2v) is 12.0. The van der Waals surface area contributed by atoms with Crippen molar-refractivity contribution in [3.8, 4) is 0 Å². The first kappa shape index (κ1) is 24.7. The Kier molecular flexibility index (Phi) is 7.10. The lowest BCUT2D eigenvalue weighted by Crippen LogP contribution is -2.45. The van der Waals surface area contributed by atoms with E-state index in [0.717, 1.165) is 33.0 Å². The van der Waals surface area contributed by atoms with Gasteiger partial charge in [-0.25, -0.2) is 21.8 Å². The minimum absolute atomic E-state index is 0.00301. The van der Waals surface area contributed by atoms with Crippen LogP contribution in [0, 0.1) is 13.8 Å². The fourth-order valence-electron chi connectivity index (χ4n) is 3.30. The van der Waals surface area contributed by atoms with E-state index in [-0.39, 0.29) is 10.0 Å². The lowest BCUT2D eigenvalue weighted by molar-refractivity contribution is -0.116. The van der Waals surface area contributed by atoms with Gasteiger partial charge in [-0.1, -0.05) is 6.07 Å². The number of hydrogen-bond acceptors (Lipinski definition) is 7. The van der Waals surface area contributed by atoms with E-state index in [4.69, 9.17) is 0 Å². The third-order valence-corrected chi connectivity index (χ3v) is 8.05. The first-order chi connectivity index (χ1) is 15.4. The van der Waals surface area contributed by atoms with Crippen LogP contribution in [0.2, 0.25) is 0 Å². The summed E-state index contributed by atoms with van der Waals surface area (Å²) < 4.78 is 53.3. The SMILES string of the molecule is Cc1cc(C)cc(N([C@@H](C)C(=O)Nc2ccc(S(=O)(=O)Nc3nccs3)cc2)S(C)(=O)=O)c1. The third-order valence-electron chi connectivity index (χ3n) is 4.64. The van der Waals surface area contributed by atoms with Crippen LogP contribution >= 0.6 is 11.3 Å². The van der Waals surface area contributed by atoms with Crippen molar-refractivity contribution in [1.29, 1.82) is 0 Å². The lowest BCUT2D eigenvalue weighted by atomic mass is 10.1. The van der Waals surface area contributed by atoms with Gasteiger partial charge < -0.3 is 5.32 Å². The molecule has 0 saturated heterocycles. The molecule has 1 amide bonds. The van der Waals surface area contributed by atoms with Gasteiger partial charge in [0, 0.05) is 17.3 Å². The molecule has 1 aromatic heterocycles. The van der Waals surface area contributed by atoms with Crippen LogP contribution in [0.25, 0.3) is 0 Å². The molecule has 176 valence electrons. The molecule has 0 aliphatic carbocycles. The second kappa shape index (κ2) is 9.49. The topological polar surface area (TPSA) is 126 Å². The average Bonchev–Trinajstić information content (AvgIpc) is 3.19. The normalized spacial score (nSPS) is 12.7. The van der Waals surface area contributed by atoms with E-state index in [1.54, 1.807) is 17.5 Å². The van der Waals surface area contributed by atoms with Crippen molar-refractivity contribution in [2.75, 3.05) is 20.6 Å². The highest BCUT2D eigenvalue weighted by atomic mass is 32.2. The number of aryl methyl sites for hydroxylation is 2. The van der Waals surface area contributed by atoms with E-state index in [1.165, 1.54) is 37.4 Å². The van der Waals surface area contributed by atoms with Crippen LogP contribution in [-0.4, -0.2) is 40.0 Å². The summed E-state index contributed by atoms with van der Waals surface area (Å²) in [4.78, 5) is 16.8. The molecular weight excluding hydrogens is 484 g/mol. The highest BCUT2D eigenvalue weighted by Crippen LogP contribution is 2.25. The summed E-state index contributed by atoms with van der Waals surface area (Å²) in [6.45, 7) is 5.19. The summed E-state index contributed by atoms with van der Waals surface area (Å²) in [5.74, 6) is -0.559. The number of nitrogens with one attached hydrogen (secondary N) is 2.